The van der Waals surface area contributed by atoms with E-state index < -0.39 is 17.6 Å². The first-order chi connectivity index (χ1) is 5.15. The van der Waals surface area contributed by atoms with E-state index >= 15 is 0 Å². The maximum atomic E-state index is 10.9. The predicted molar refractivity (Wildman–Crippen MR) is 33.0 cm³/mol. The maximum absolute atomic E-state index is 10.9. The van der Waals surface area contributed by atoms with E-state index in [9.17, 15) is 9.59 Å². The van der Waals surface area contributed by atoms with Crippen molar-refractivity contribution in [1.29, 1.82) is 0 Å². The molecule has 5 heteroatoms. The SMILES string of the molecule is O=C(O)N[C@]12C[C@@H]1COC2=O. The molecule has 2 fully saturated rings. The molecule has 0 spiro atoms. The second kappa shape index (κ2) is 1.66. The Kier molecular flexibility index (Phi) is 0.976. The summed E-state index contributed by atoms with van der Waals surface area (Å²) in [7, 11) is 0. The van der Waals surface area contributed by atoms with E-state index in [1.54, 1.807) is 0 Å². The molecule has 0 aromatic rings. The highest BCUT2D eigenvalue weighted by molar-refractivity contribution is 5.91. The largest absolute Gasteiger partial charge is 0.465 e. The van der Waals surface area contributed by atoms with Crippen molar-refractivity contribution >= 4 is 12.1 Å². The topological polar surface area (TPSA) is 75.6 Å². The van der Waals surface area contributed by atoms with Crippen molar-refractivity contribution in [1.82, 2.24) is 5.32 Å². The fourth-order valence-electron chi connectivity index (χ4n) is 1.48. The third-order valence-electron chi connectivity index (χ3n) is 2.22. The number of amides is 1. The Hall–Kier alpha value is -1.26. The minimum atomic E-state index is -1.16. The molecule has 0 aromatic heterocycles. The zero-order valence-electron chi connectivity index (χ0n) is 5.66. The molecular weight excluding hydrogens is 150 g/mol. The summed E-state index contributed by atoms with van der Waals surface area (Å²) < 4.78 is 4.65. The summed E-state index contributed by atoms with van der Waals surface area (Å²) in [5, 5.41) is 10.5. The average Bonchev–Trinajstić information content (AvgIpc) is 2.51. The van der Waals surface area contributed by atoms with E-state index in [2.05, 4.69) is 10.1 Å². The van der Waals surface area contributed by atoms with Crippen molar-refractivity contribution in [2.45, 2.75) is 12.0 Å². The fourth-order valence-corrected chi connectivity index (χ4v) is 1.48. The first kappa shape index (κ1) is 6.45. The van der Waals surface area contributed by atoms with Gasteiger partial charge in [-0.3, -0.25) is 0 Å². The Morgan fingerprint density at radius 3 is 2.91 bits per heavy atom. The minimum Gasteiger partial charge on any atom is -0.465 e. The van der Waals surface area contributed by atoms with E-state index in [1.165, 1.54) is 0 Å². The Bertz CT molecular complexity index is 239. The molecule has 1 heterocycles. The molecule has 2 rings (SSSR count). The van der Waals surface area contributed by atoms with Crippen LogP contribution in [0.5, 0.6) is 0 Å². The number of carbonyl (C=O) groups is 2. The number of nitrogens with one attached hydrogen (secondary N) is 1. The van der Waals surface area contributed by atoms with Crippen LogP contribution in [-0.4, -0.2) is 29.3 Å². The van der Waals surface area contributed by atoms with Crippen LogP contribution >= 0.6 is 0 Å². The molecule has 1 amide bonds. The normalized spacial score (nSPS) is 39.3. The van der Waals surface area contributed by atoms with Crippen LogP contribution in [0.25, 0.3) is 0 Å². The molecule has 1 saturated carbocycles. The van der Waals surface area contributed by atoms with Gasteiger partial charge in [-0.25, -0.2) is 9.59 Å². The molecule has 1 aliphatic heterocycles. The number of hydrogen-bond donors (Lipinski definition) is 2. The molecule has 1 aliphatic carbocycles. The second-order valence-corrected chi connectivity index (χ2v) is 2.90. The highest BCUT2D eigenvalue weighted by Gasteiger charge is 2.67. The van der Waals surface area contributed by atoms with Crippen LogP contribution in [0.15, 0.2) is 0 Å². The van der Waals surface area contributed by atoms with Gasteiger partial charge in [0.2, 0.25) is 0 Å². The summed E-state index contributed by atoms with van der Waals surface area (Å²) in [4.78, 5) is 21.1. The number of fused-ring (bicyclic) bond motifs is 1. The van der Waals surface area contributed by atoms with Crippen LogP contribution in [0.1, 0.15) is 6.42 Å². The Morgan fingerprint density at radius 2 is 2.55 bits per heavy atom. The zero-order chi connectivity index (χ0) is 8.06. The van der Waals surface area contributed by atoms with E-state index in [1.807, 2.05) is 0 Å². The van der Waals surface area contributed by atoms with Crippen molar-refractivity contribution in [2.24, 2.45) is 5.92 Å². The second-order valence-electron chi connectivity index (χ2n) is 2.90. The molecule has 0 unspecified atom stereocenters. The summed E-state index contributed by atoms with van der Waals surface area (Å²) in [6, 6.07) is 0. The Labute approximate surface area is 62.3 Å². The van der Waals surface area contributed by atoms with Crippen LogP contribution in [0.2, 0.25) is 0 Å². The number of carbonyl (C=O) groups excluding carboxylic acids is 1. The first-order valence-electron chi connectivity index (χ1n) is 3.33. The molecule has 2 N–H and O–H groups in total. The fraction of sp³-hybridized carbons (Fsp3) is 0.667. The minimum absolute atomic E-state index is 0.0751. The van der Waals surface area contributed by atoms with Gasteiger partial charge in [-0.15, -0.1) is 0 Å². The van der Waals surface area contributed by atoms with Gasteiger partial charge >= 0.3 is 12.1 Å². The van der Waals surface area contributed by atoms with Crippen molar-refractivity contribution in [3.8, 4) is 0 Å². The van der Waals surface area contributed by atoms with Crippen LogP contribution in [-0.2, 0) is 9.53 Å². The molecule has 2 atom stereocenters. The summed E-state index contributed by atoms with van der Waals surface area (Å²) in [5.74, 6) is -0.351. The number of carboxylic acid groups (broad SMARTS) is 1. The first-order valence-corrected chi connectivity index (χ1v) is 3.33. The van der Waals surface area contributed by atoms with Crippen LogP contribution in [0.3, 0.4) is 0 Å². The lowest BCUT2D eigenvalue weighted by Gasteiger charge is -2.07. The van der Waals surface area contributed by atoms with Crippen molar-refractivity contribution < 1.29 is 19.4 Å². The summed E-state index contributed by atoms with van der Waals surface area (Å²) in [6.45, 7) is 0.360. The molecule has 0 radical (unpaired) electrons. The van der Waals surface area contributed by atoms with Crippen LogP contribution in [0, 0.1) is 5.92 Å². The van der Waals surface area contributed by atoms with Gasteiger partial charge in [-0.05, 0) is 6.42 Å². The molecule has 60 valence electrons. The van der Waals surface area contributed by atoms with Crippen molar-refractivity contribution in [2.75, 3.05) is 6.61 Å². The number of hydrogen-bond acceptors (Lipinski definition) is 3. The summed E-state index contributed by atoms with van der Waals surface area (Å²) >= 11 is 0. The monoisotopic (exact) mass is 157 g/mol. The third kappa shape index (κ3) is 0.704. The lowest BCUT2D eigenvalue weighted by molar-refractivity contribution is -0.142. The molecule has 1 saturated heterocycles. The third-order valence-corrected chi connectivity index (χ3v) is 2.22. The van der Waals surface area contributed by atoms with E-state index in [-0.39, 0.29) is 5.92 Å². The lowest BCUT2D eigenvalue weighted by Crippen LogP contribution is -2.41. The number of rotatable bonds is 1. The predicted octanol–water partition coefficient (Wildman–Crippen LogP) is -0.431. The Balaban J connectivity index is 2.12. The van der Waals surface area contributed by atoms with Gasteiger partial charge < -0.3 is 15.2 Å². The standard InChI is InChI=1S/C6H7NO4/c8-4-6(7-5(9)10)1-3(6)2-11-4/h3,7H,1-2H2,(H,9,10)/t3-,6-/m1/s1. The maximum Gasteiger partial charge on any atom is 0.405 e. The van der Waals surface area contributed by atoms with Gasteiger partial charge in [0.1, 0.15) is 5.54 Å². The van der Waals surface area contributed by atoms with Gasteiger partial charge in [-0.2, -0.15) is 0 Å². The quantitative estimate of drug-likeness (QED) is 0.506. The number of ether oxygens (including phenoxy) is 1. The molecule has 2 aliphatic rings. The Morgan fingerprint density at radius 1 is 1.82 bits per heavy atom. The van der Waals surface area contributed by atoms with Crippen LogP contribution in [0.4, 0.5) is 4.79 Å². The van der Waals surface area contributed by atoms with Gasteiger partial charge in [0.25, 0.3) is 0 Å². The highest BCUT2D eigenvalue weighted by atomic mass is 16.5. The number of cyclic esters (lactones) is 1. The zero-order valence-corrected chi connectivity index (χ0v) is 5.66. The van der Waals surface area contributed by atoms with Gasteiger partial charge in [0.15, 0.2) is 0 Å². The van der Waals surface area contributed by atoms with E-state index in [4.69, 9.17) is 5.11 Å². The molecule has 0 bridgehead atoms. The van der Waals surface area contributed by atoms with Crippen molar-refractivity contribution in [3.05, 3.63) is 0 Å². The summed E-state index contributed by atoms with van der Waals surface area (Å²) in [6.07, 6.45) is -0.565. The molecule has 11 heavy (non-hydrogen) atoms. The average molecular weight is 157 g/mol. The van der Waals surface area contributed by atoms with Gasteiger partial charge in [0.05, 0.1) is 6.61 Å². The summed E-state index contributed by atoms with van der Waals surface area (Å²) in [5.41, 5.74) is -0.869. The molecule has 5 nitrogen and oxygen atoms in total. The van der Waals surface area contributed by atoms with E-state index in [0.717, 1.165) is 0 Å². The lowest BCUT2D eigenvalue weighted by atomic mass is 10.2. The number of esters is 1. The molecular formula is C6H7NO4. The van der Waals surface area contributed by atoms with E-state index in [0.29, 0.717) is 13.0 Å². The molecule has 0 aromatic carbocycles. The van der Waals surface area contributed by atoms with Crippen LogP contribution < -0.4 is 5.32 Å². The smallest absolute Gasteiger partial charge is 0.405 e. The van der Waals surface area contributed by atoms with Crippen molar-refractivity contribution in [3.63, 3.8) is 0 Å². The highest BCUT2D eigenvalue weighted by Crippen LogP contribution is 2.49. The van der Waals surface area contributed by atoms with Gasteiger partial charge in [0, 0.05) is 5.92 Å². The van der Waals surface area contributed by atoms with Gasteiger partial charge in [-0.1, -0.05) is 0 Å².